The summed E-state index contributed by atoms with van der Waals surface area (Å²) in [7, 11) is 0. The first kappa shape index (κ1) is 12.9. The van der Waals surface area contributed by atoms with Gasteiger partial charge in [-0.1, -0.05) is 13.8 Å². The molecule has 86 valence electrons. The molecule has 15 heavy (non-hydrogen) atoms. The molecule has 0 aliphatic carbocycles. The van der Waals surface area contributed by atoms with Crippen molar-refractivity contribution in [3.8, 4) is 0 Å². The van der Waals surface area contributed by atoms with Crippen molar-refractivity contribution in [3.63, 3.8) is 0 Å². The smallest absolute Gasteiger partial charge is 0.110 e. The summed E-state index contributed by atoms with van der Waals surface area (Å²) in [6.07, 6.45) is 1.19. The fourth-order valence-electron chi connectivity index (χ4n) is 1.64. The van der Waals surface area contributed by atoms with E-state index in [0.717, 1.165) is 18.8 Å². The second kappa shape index (κ2) is 6.46. The van der Waals surface area contributed by atoms with Crippen LogP contribution in [0.1, 0.15) is 43.9 Å². The Morgan fingerprint density at radius 2 is 2.27 bits per heavy atom. The summed E-state index contributed by atoms with van der Waals surface area (Å²) in [5.41, 5.74) is 0.996. The number of thiazole rings is 1. The Morgan fingerprint density at radius 3 is 2.73 bits per heavy atom. The zero-order chi connectivity index (χ0) is 11.3. The van der Waals surface area contributed by atoms with Crippen molar-refractivity contribution in [2.75, 3.05) is 13.1 Å². The van der Waals surface area contributed by atoms with E-state index in [4.69, 9.17) is 11.6 Å². The van der Waals surface area contributed by atoms with Gasteiger partial charge in [-0.3, -0.25) is 4.90 Å². The summed E-state index contributed by atoms with van der Waals surface area (Å²) in [6.45, 7) is 8.83. The first-order valence-electron chi connectivity index (χ1n) is 5.47. The molecule has 4 heteroatoms. The molecule has 0 saturated carbocycles. The van der Waals surface area contributed by atoms with Gasteiger partial charge in [0.2, 0.25) is 0 Å². The van der Waals surface area contributed by atoms with Gasteiger partial charge in [0.05, 0.1) is 17.6 Å². The molecule has 2 nitrogen and oxygen atoms in total. The second-order valence-corrected chi connectivity index (χ2v) is 4.77. The second-order valence-electron chi connectivity index (χ2n) is 3.62. The number of hydrogen-bond donors (Lipinski definition) is 0. The van der Waals surface area contributed by atoms with Crippen LogP contribution in [-0.2, 0) is 5.88 Å². The lowest BCUT2D eigenvalue weighted by Gasteiger charge is -2.25. The van der Waals surface area contributed by atoms with Crippen LogP contribution in [0.2, 0.25) is 0 Å². The molecule has 1 aromatic heterocycles. The van der Waals surface area contributed by atoms with Gasteiger partial charge in [-0.05, 0) is 26.4 Å². The molecule has 1 aromatic rings. The minimum Gasteiger partial charge on any atom is -0.295 e. The van der Waals surface area contributed by atoms with Crippen LogP contribution in [0.4, 0.5) is 0 Å². The van der Waals surface area contributed by atoms with E-state index >= 15 is 0 Å². The minimum absolute atomic E-state index is 0.414. The molecule has 1 atom stereocenters. The van der Waals surface area contributed by atoms with Gasteiger partial charge in [-0.25, -0.2) is 4.98 Å². The highest BCUT2D eigenvalue weighted by atomic mass is 35.5. The van der Waals surface area contributed by atoms with E-state index in [1.807, 2.05) is 0 Å². The molecule has 1 heterocycles. The molecule has 0 aromatic carbocycles. The molecule has 0 N–H and O–H groups in total. The van der Waals surface area contributed by atoms with Gasteiger partial charge in [-0.2, -0.15) is 0 Å². The largest absolute Gasteiger partial charge is 0.295 e. The number of aromatic nitrogens is 1. The monoisotopic (exact) mass is 246 g/mol. The Morgan fingerprint density at radius 1 is 1.53 bits per heavy atom. The molecule has 0 aliphatic rings. The van der Waals surface area contributed by atoms with Crippen molar-refractivity contribution in [1.82, 2.24) is 9.88 Å². The molecule has 0 spiro atoms. The molecule has 0 fully saturated rings. The zero-order valence-electron chi connectivity index (χ0n) is 9.66. The van der Waals surface area contributed by atoms with Crippen molar-refractivity contribution in [1.29, 1.82) is 0 Å². The lowest BCUT2D eigenvalue weighted by atomic mass is 10.2. The first-order chi connectivity index (χ1) is 7.22. The van der Waals surface area contributed by atoms with Crippen molar-refractivity contribution < 1.29 is 0 Å². The van der Waals surface area contributed by atoms with E-state index in [1.54, 1.807) is 11.3 Å². The summed E-state index contributed by atoms with van der Waals surface area (Å²) in [6, 6.07) is 0.414. The van der Waals surface area contributed by atoms with Crippen LogP contribution in [0.5, 0.6) is 0 Å². The van der Waals surface area contributed by atoms with Gasteiger partial charge in [0.15, 0.2) is 0 Å². The van der Waals surface area contributed by atoms with Crippen molar-refractivity contribution >= 4 is 22.9 Å². The van der Waals surface area contributed by atoms with Crippen LogP contribution >= 0.6 is 22.9 Å². The van der Waals surface area contributed by atoms with Crippen LogP contribution in [-0.4, -0.2) is 23.0 Å². The number of hydrogen-bond acceptors (Lipinski definition) is 3. The van der Waals surface area contributed by atoms with Gasteiger partial charge in [0, 0.05) is 5.38 Å². The zero-order valence-corrected chi connectivity index (χ0v) is 11.2. The normalized spacial score (nSPS) is 13.4. The van der Waals surface area contributed by atoms with Crippen LogP contribution in [0.3, 0.4) is 0 Å². The molecule has 0 aliphatic heterocycles. The van der Waals surface area contributed by atoms with Crippen molar-refractivity contribution in [2.24, 2.45) is 0 Å². The van der Waals surface area contributed by atoms with Gasteiger partial charge in [0.25, 0.3) is 0 Å². The third-order valence-corrected chi connectivity index (χ3v) is 3.87. The van der Waals surface area contributed by atoms with Crippen LogP contribution in [0.15, 0.2) is 5.38 Å². The average Bonchev–Trinajstić information content (AvgIpc) is 2.73. The van der Waals surface area contributed by atoms with E-state index in [9.17, 15) is 0 Å². The van der Waals surface area contributed by atoms with E-state index in [1.165, 1.54) is 11.4 Å². The molecule has 0 saturated heterocycles. The predicted octanol–water partition coefficient (Wildman–Crippen LogP) is 3.67. The fraction of sp³-hybridized carbons (Fsp3) is 0.727. The van der Waals surface area contributed by atoms with Crippen LogP contribution in [0, 0.1) is 0 Å². The quantitative estimate of drug-likeness (QED) is 0.712. The Labute approximate surface area is 101 Å². The number of rotatable bonds is 6. The molecule has 0 bridgehead atoms. The van der Waals surface area contributed by atoms with E-state index < -0.39 is 0 Å². The highest BCUT2D eigenvalue weighted by Crippen LogP contribution is 2.24. The maximum Gasteiger partial charge on any atom is 0.110 e. The summed E-state index contributed by atoms with van der Waals surface area (Å²) in [5, 5.41) is 3.24. The van der Waals surface area contributed by atoms with Crippen LogP contribution in [0.25, 0.3) is 0 Å². The summed E-state index contributed by atoms with van der Waals surface area (Å²) < 4.78 is 0. The Kier molecular flexibility index (Phi) is 5.58. The maximum absolute atomic E-state index is 5.75. The highest BCUT2D eigenvalue weighted by molar-refractivity contribution is 7.09. The molecule has 1 unspecified atom stereocenters. The molecule has 0 amide bonds. The Balaban J connectivity index is 2.68. The minimum atomic E-state index is 0.414. The van der Waals surface area contributed by atoms with Gasteiger partial charge < -0.3 is 0 Å². The Bertz CT molecular complexity index is 288. The van der Waals surface area contributed by atoms with Crippen molar-refractivity contribution in [3.05, 3.63) is 16.1 Å². The third kappa shape index (κ3) is 3.44. The molecular weight excluding hydrogens is 228 g/mol. The summed E-state index contributed by atoms with van der Waals surface area (Å²) in [5.74, 6) is 0.517. The van der Waals surface area contributed by atoms with Gasteiger partial charge in [-0.15, -0.1) is 22.9 Å². The average molecular weight is 247 g/mol. The number of halogens is 1. The summed E-state index contributed by atoms with van der Waals surface area (Å²) in [4.78, 5) is 6.97. The first-order valence-corrected chi connectivity index (χ1v) is 6.88. The van der Waals surface area contributed by atoms with E-state index in [2.05, 4.69) is 36.0 Å². The lowest BCUT2D eigenvalue weighted by molar-refractivity contribution is 0.222. The maximum atomic E-state index is 5.75. The predicted molar refractivity (Wildman–Crippen MR) is 67.6 cm³/mol. The molecular formula is C11H19ClN2S. The molecule has 0 radical (unpaired) electrons. The standard InChI is InChI=1S/C11H19ClN2S/c1-4-6-14(5-2)9(3)11-13-10(7-12)8-15-11/h8-9H,4-7H2,1-3H3. The van der Waals surface area contributed by atoms with Gasteiger partial charge in [0.1, 0.15) is 5.01 Å². The third-order valence-electron chi connectivity index (χ3n) is 2.53. The summed E-state index contributed by atoms with van der Waals surface area (Å²) >= 11 is 7.46. The SMILES string of the molecule is CCCN(CC)C(C)c1nc(CCl)cs1. The Hall–Kier alpha value is -0.120. The van der Waals surface area contributed by atoms with E-state index in [0.29, 0.717) is 11.9 Å². The molecule has 1 rings (SSSR count). The number of nitrogens with zero attached hydrogens (tertiary/aromatic N) is 2. The van der Waals surface area contributed by atoms with Gasteiger partial charge >= 0.3 is 0 Å². The highest BCUT2D eigenvalue weighted by Gasteiger charge is 2.16. The number of alkyl halides is 1. The topological polar surface area (TPSA) is 16.1 Å². The van der Waals surface area contributed by atoms with E-state index in [-0.39, 0.29) is 0 Å². The lowest BCUT2D eigenvalue weighted by Crippen LogP contribution is -2.27. The van der Waals surface area contributed by atoms with Crippen molar-refractivity contribution in [2.45, 2.75) is 39.1 Å². The van der Waals surface area contributed by atoms with Crippen LogP contribution < -0.4 is 0 Å². The fourth-order valence-corrected chi connectivity index (χ4v) is 2.78.